The molecule has 1 fully saturated rings. The van der Waals surface area contributed by atoms with Crippen molar-refractivity contribution in [1.29, 1.82) is 0 Å². The van der Waals surface area contributed by atoms with Crippen LogP contribution in [0.2, 0.25) is 0 Å². The number of halogens is 1. The third-order valence-corrected chi connectivity index (χ3v) is 5.28. The van der Waals surface area contributed by atoms with Gasteiger partial charge < -0.3 is 10.6 Å². The molecule has 1 heterocycles. The number of thioether (sulfide) groups is 1. The lowest BCUT2D eigenvalue weighted by Gasteiger charge is -2.42. The van der Waals surface area contributed by atoms with Gasteiger partial charge in [0.2, 0.25) is 5.91 Å². The zero-order chi connectivity index (χ0) is 15.5. The van der Waals surface area contributed by atoms with Crippen molar-refractivity contribution >= 4 is 30.1 Å². The van der Waals surface area contributed by atoms with Crippen LogP contribution in [0.15, 0.2) is 29.2 Å². The maximum Gasteiger partial charge on any atom is 0.223 e. The Kier molecular flexibility index (Phi) is 7.23. The van der Waals surface area contributed by atoms with Gasteiger partial charge in [0.05, 0.1) is 0 Å². The van der Waals surface area contributed by atoms with E-state index in [0.29, 0.717) is 6.42 Å². The first-order chi connectivity index (χ1) is 9.88. The molecule has 2 N–H and O–H groups in total. The van der Waals surface area contributed by atoms with Crippen molar-refractivity contribution in [3.8, 4) is 0 Å². The quantitative estimate of drug-likeness (QED) is 0.852. The maximum atomic E-state index is 12.3. The summed E-state index contributed by atoms with van der Waals surface area (Å²) >= 11 is 1.75. The van der Waals surface area contributed by atoms with Gasteiger partial charge in [-0.05, 0) is 30.9 Å². The van der Waals surface area contributed by atoms with E-state index in [2.05, 4.69) is 45.0 Å². The average molecular weight is 343 g/mol. The highest BCUT2D eigenvalue weighted by molar-refractivity contribution is 7.99. The van der Waals surface area contributed by atoms with E-state index in [1.807, 2.05) is 4.90 Å². The summed E-state index contributed by atoms with van der Waals surface area (Å²) < 4.78 is 0. The topological polar surface area (TPSA) is 46.3 Å². The molecule has 1 unspecified atom stereocenters. The second kappa shape index (κ2) is 8.23. The second-order valence-corrected chi connectivity index (χ2v) is 7.78. The smallest absolute Gasteiger partial charge is 0.223 e. The highest BCUT2D eigenvalue weighted by Crippen LogP contribution is 2.28. The molecule has 124 valence electrons. The van der Waals surface area contributed by atoms with Gasteiger partial charge in [0.1, 0.15) is 0 Å². The molecule has 0 aromatic heterocycles. The molecule has 0 saturated carbocycles. The Labute approximate surface area is 144 Å². The van der Waals surface area contributed by atoms with E-state index in [-0.39, 0.29) is 29.8 Å². The van der Waals surface area contributed by atoms with Crippen molar-refractivity contribution in [2.45, 2.75) is 44.6 Å². The summed E-state index contributed by atoms with van der Waals surface area (Å²) in [7, 11) is 0. The number of carbonyl (C=O) groups is 1. The average Bonchev–Trinajstić information content (AvgIpc) is 2.44. The fourth-order valence-electron chi connectivity index (χ4n) is 2.64. The zero-order valence-electron chi connectivity index (χ0n) is 13.7. The summed E-state index contributed by atoms with van der Waals surface area (Å²) in [5.74, 6) is 1.10. The third kappa shape index (κ3) is 5.18. The van der Waals surface area contributed by atoms with Crippen LogP contribution in [0.25, 0.3) is 0 Å². The van der Waals surface area contributed by atoms with Gasteiger partial charge in [0.15, 0.2) is 0 Å². The van der Waals surface area contributed by atoms with Gasteiger partial charge in [0.25, 0.3) is 0 Å². The number of rotatable bonds is 4. The first kappa shape index (κ1) is 19.3. The molecule has 0 aliphatic carbocycles. The molecule has 0 spiro atoms. The Morgan fingerprint density at radius 1 is 1.36 bits per heavy atom. The maximum absolute atomic E-state index is 12.3. The first-order valence-electron chi connectivity index (χ1n) is 7.61. The number of benzene rings is 1. The van der Waals surface area contributed by atoms with Crippen LogP contribution in [-0.4, -0.2) is 35.7 Å². The number of likely N-dealkylation sites (tertiary alicyclic amines) is 1. The number of piperidine rings is 1. The summed E-state index contributed by atoms with van der Waals surface area (Å²) in [5.41, 5.74) is 7.41. The van der Waals surface area contributed by atoms with Crippen LogP contribution < -0.4 is 5.73 Å². The van der Waals surface area contributed by atoms with Gasteiger partial charge in [-0.25, -0.2) is 0 Å². The van der Waals surface area contributed by atoms with Gasteiger partial charge in [-0.2, -0.15) is 0 Å². The van der Waals surface area contributed by atoms with Crippen molar-refractivity contribution in [2.75, 3.05) is 18.8 Å². The number of nitrogens with two attached hydrogens (primary N) is 1. The Hall–Kier alpha value is -0.710. The normalized spacial score (nSPS) is 20.4. The SMILES string of the molecule is Cc1ccc(SCCC(=O)N2CCC(N)C(C)(C)C2)cc1.Cl. The molecule has 1 amide bonds. The molecule has 0 radical (unpaired) electrons. The first-order valence-corrected chi connectivity index (χ1v) is 8.60. The molecule has 1 aromatic carbocycles. The van der Waals surface area contributed by atoms with E-state index < -0.39 is 0 Å². The Morgan fingerprint density at radius 3 is 2.59 bits per heavy atom. The van der Waals surface area contributed by atoms with E-state index in [9.17, 15) is 4.79 Å². The molecular formula is C17H27ClN2OS. The van der Waals surface area contributed by atoms with Gasteiger partial charge in [-0.3, -0.25) is 4.79 Å². The highest BCUT2D eigenvalue weighted by Gasteiger charge is 2.34. The number of hydrogen-bond acceptors (Lipinski definition) is 3. The van der Waals surface area contributed by atoms with Crippen molar-refractivity contribution in [2.24, 2.45) is 11.1 Å². The molecule has 0 bridgehead atoms. The van der Waals surface area contributed by atoms with Crippen molar-refractivity contribution in [3.63, 3.8) is 0 Å². The molecule has 1 aliphatic heterocycles. The van der Waals surface area contributed by atoms with Gasteiger partial charge in [-0.1, -0.05) is 31.5 Å². The summed E-state index contributed by atoms with van der Waals surface area (Å²) in [6.07, 6.45) is 1.51. The number of hydrogen-bond donors (Lipinski definition) is 1. The number of nitrogens with zero attached hydrogens (tertiary/aromatic N) is 1. The molecule has 1 saturated heterocycles. The monoisotopic (exact) mass is 342 g/mol. The van der Waals surface area contributed by atoms with E-state index in [0.717, 1.165) is 25.3 Å². The van der Waals surface area contributed by atoms with Crippen LogP contribution >= 0.6 is 24.2 Å². The standard InChI is InChI=1S/C17H26N2OS.ClH/c1-13-4-6-14(7-5-13)21-11-9-16(20)19-10-8-15(18)17(2,3)12-19;/h4-7,15H,8-12,18H2,1-3H3;1H. The molecule has 1 aliphatic rings. The third-order valence-electron chi connectivity index (χ3n) is 4.27. The lowest BCUT2D eigenvalue weighted by molar-refractivity contribution is -0.134. The van der Waals surface area contributed by atoms with E-state index in [4.69, 9.17) is 5.73 Å². The Bertz CT molecular complexity index is 490. The van der Waals surface area contributed by atoms with Crippen molar-refractivity contribution < 1.29 is 4.79 Å². The van der Waals surface area contributed by atoms with Crippen LogP contribution in [0.4, 0.5) is 0 Å². The van der Waals surface area contributed by atoms with Gasteiger partial charge >= 0.3 is 0 Å². The Balaban J connectivity index is 0.00000242. The largest absolute Gasteiger partial charge is 0.342 e. The molecule has 2 rings (SSSR count). The fourth-order valence-corrected chi connectivity index (χ4v) is 3.48. The Morgan fingerprint density at radius 2 is 2.00 bits per heavy atom. The minimum absolute atomic E-state index is 0. The second-order valence-electron chi connectivity index (χ2n) is 6.61. The summed E-state index contributed by atoms with van der Waals surface area (Å²) in [4.78, 5) is 15.5. The minimum atomic E-state index is 0. The van der Waals surface area contributed by atoms with Crippen molar-refractivity contribution in [1.82, 2.24) is 4.90 Å². The number of amides is 1. The molecule has 5 heteroatoms. The molecule has 1 aromatic rings. The zero-order valence-corrected chi connectivity index (χ0v) is 15.3. The van der Waals surface area contributed by atoms with Crippen LogP contribution in [0.1, 0.15) is 32.3 Å². The highest BCUT2D eigenvalue weighted by atomic mass is 35.5. The van der Waals surface area contributed by atoms with Gasteiger partial charge in [0, 0.05) is 36.2 Å². The summed E-state index contributed by atoms with van der Waals surface area (Å²) in [6, 6.07) is 8.65. The van der Waals surface area contributed by atoms with Crippen molar-refractivity contribution in [3.05, 3.63) is 29.8 Å². The molecular weight excluding hydrogens is 316 g/mol. The predicted molar refractivity (Wildman–Crippen MR) is 96.7 cm³/mol. The minimum Gasteiger partial charge on any atom is -0.342 e. The summed E-state index contributed by atoms with van der Waals surface area (Å²) in [5, 5.41) is 0. The van der Waals surface area contributed by atoms with E-state index in [1.165, 1.54) is 10.5 Å². The van der Waals surface area contributed by atoms with E-state index >= 15 is 0 Å². The number of aryl methyl sites for hydroxylation is 1. The van der Waals surface area contributed by atoms with Crippen LogP contribution in [0.5, 0.6) is 0 Å². The molecule has 3 nitrogen and oxygen atoms in total. The number of carbonyl (C=O) groups excluding carboxylic acids is 1. The predicted octanol–water partition coefficient (Wildman–Crippen LogP) is 3.48. The molecule has 1 atom stereocenters. The fraction of sp³-hybridized carbons (Fsp3) is 0.588. The van der Waals surface area contributed by atoms with Crippen LogP contribution in [0, 0.1) is 12.3 Å². The van der Waals surface area contributed by atoms with Gasteiger partial charge in [-0.15, -0.1) is 24.2 Å². The molecule has 22 heavy (non-hydrogen) atoms. The lowest BCUT2D eigenvalue weighted by atomic mass is 9.79. The van der Waals surface area contributed by atoms with Crippen LogP contribution in [0.3, 0.4) is 0 Å². The lowest BCUT2D eigenvalue weighted by Crippen LogP contribution is -2.54. The summed E-state index contributed by atoms with van der Waals surface area (Å²) in [6.45, 7) is 7.97. The van der Waals surface area contributed by atoms with Crippen LogP contribution in [-0.2, 0) is 4.79 Å². The van der Waals surface area contributed by atoms with E-state index in [1.54, 1.807) is 11.8 Å².